The number of methoxy groups -OCH3 is 1. The van der Waals surface area contributed by atoms with Gasteiger partial charge in [0, 0.05) is 18.2 Å². The fourth-order valence-corrected chi connectivity index (χ4v) is 1.21. The van der Waals surface area contributed by atoms with Gasteiger partial charge in [-0.3, -0.25) is 0 Å². The summed E-state index contributed by atoms with van der Waals surface area (Å²) in [7, 11) is 1.13. The molecular weight excluding hydrogens is 257 g/mol. The van der Waals surface area contributed by atoms with Gasteiger partial charge in [-0.25, -0.2) is 4.79 Å². The lowest BCUT2D eigenvalue weighted by molar-refractivity contribution is -0.276. The van der Waals surface area contributed by atoms with E-state index in [9.17, 15) is 18.0 Å². The van der Waals surface area contributed by atoms with Crippen LogP contribution in [0.3, 0.4) is 0 Å². The predicted octanol–water partition coefficient (Wildman–Crippen LogP) is 1.15. The third-order valence-electron chi connectivity index (χ3n) is 1.92. The first-order chi connectivity index (χ1) is 8.28. The molecule has 0 amide bonds. The summed E-state index contributed by atoms with van der Waals surface area (Å²) in [5.74, 6) is -2.70. The highest BCUT2D eigenvalue weighted by Gasteiger charge is 2.34. The molecule has 0 atom stereocenters. The maximum atomic E-state index is 12.1. The molecule has 0 aliphatic rings. The Morgan fingerprint density at radius 2 is 2.17 bits per heavy atom. The number of carboxylic acids is 1. The smallest absolute Gasteiger partial charge is 0.481 e. The van der Waals surface area contributed by atoms with Crippen LogP contribution in [0.4, 0.5) is 13.2 Å². The number of nitrogens with two attached hydrogens (primary N) is 1. The maximum absolute atomic E-state index is 12.1. The molecule has 0 bridgehead atoms. The Kier molecular flexibility index (Phi) is 3.96. The number of nitrogens with zero attached hydrogens (tertiary/aromatic N) is 1. The van der Waals surface area contributed by atoms with Gasteiger partial charge in [0.1, 0.15) is 0 Å². The number of aromatic carboxylic acids is 1. The lowest BCUT2D eigenvalue weighted by Crippen LogP contribution is -2.21. The second-order valence-electron chi connectivity index (χ2n) is 3.05. The number of carbonyl (C=O) groups is 1. The minimum atomic E-state index is -5.00. The van der Waals surface area contributed by atoms with E-state index in [-0.39, 0.29) is 11.4 Å². The Morgan fingerprint density at radius 1 is 1.56 bits per heavy atom. The summed E-state index contributed by atoms with van der Waals surface area (Å²) >= 11 is 0. The van der Waals surface area contributed by atoms with E-state index >= 15 is 0 Å². The first kappa shape index (κ1) is 14.0. The van der Waals surface area contributed by atoms with Crippen molar-refractivity contribution in [1.29, 1.82) is 0 Å². The first-order valence-corrected chi connectivity index (χ1v) is 4.55. The topological polar surface area (TPSA) is 94.7 Å². The quantitative estimate of drug-likeness (QED) is 0.848. The monoisotopic (exact) mass is 266 g/mol. The average Bonchev–Trinajstić information content (AvgIpc) is 2.25. The Morgan fingerprint density at radius 3 is 2.56 bits per heavy atom. The molecule has 0 aliphatic carbocycles. The standard InChI is InChI=1S/C9H9F3N2O4/c1-17-6-2-4(8(15)16)5(3-13)7(14-6)18-9(10,11)12/h2H,3,13H2,1H3,(H,15,16). The van der Waals surface area contributed by atoms with Gasteiger partial charge in [-0.15, -0.1) is 13.2 Å². The van der Waals surface area contributed by atoms with Crippen LogP contribution in [0, 0.1) is 0 Å². The van der Waals surface area contributed by atoms with Crippen LogP contribution in [0.15, 0.2) is 6.07 Å². The molecule has 0 aliphatic heterocycles. The van der Waals surface area contributed by atoms with Crippen molar-refractivity contribution in [2.45, 2.75) is 12.9 Å². The van der Waals surface area contributed by atoms with Crippen molar-refractivity contribution in [1.82, 2.24) is 4.98 Å². The summed E-state index contributed by atoms with van der Waals surface area (Å²) in [6, 6.07) is 0.966. The molecule has 9 heteroatoms. The fourth-order valence-electron chi connectivity index (χ4n) is 1.21. The predicted molar refractivity (Wildman–Crippen MR) is 52.3 cm³/mol. The molecule has 100 valence electrons. The molecule has 1 aromatic rings. The summed E-state index contributed by atoms with van der Waals surface area (Å²) in [5, 5.41) is 8.86. The number of hydrogen-bond donors (Lipinski definition) is 2. The molecule has 0 saturated heterocycles. The zero-order valence-electron chi connectivity index (χ0n) is 9.11. The molecule has 18 heavy (non-hydrogen) atoms. The summed E-state index contributed by atoms with van der Waals surface area (Å²) in [4.78, 5) is 14.3. The summed E-state index contributed by atoms with van der Waals surface area (Å²) < 4.78 is 44.6. The van der Waals surface area contributed by atoms with Crippen LogP contribution in [-0.4, -0.2) is 29.5 Å². The Bertz CT molecular complexity index is 462. The summed E-state index contributed by atoms with van der Waals surface area (Å²) in [5.41, 5.74) is 4.39. The second-order valence-corrected chi connectivity index (χ2v) is 3.05. The number of pyridine rings is 1. The SMILES string of the molecule is COc1cc(C(=O)O)c(CN)c(OC(F)(F)F)n1. The molecule has 0 saturated carbocycles. The normalized spacial score (nSPS) is 11.2. The van der Waals surface area contributed by atoms with E-state index in [2.05, 4.69) is 14.5 Å². The number of hydrogen-bond acceptors (Lipinski definition) is 5. The molecule has 0 unspecified atom stereocenters. The van der Waals surface area contributed by atoms with E-state index in [1.165, 1.54) is 0 Å². The number of aromatic nitrogens is 1. The third kappa shape index (κ3) is 3.23. The van der Waals surface area contributed by atoms with Gasteiger partial charge in [-0.1, -0.05) is 0 Å². The van der Waals surface area contributed by atoms with E-state index in [1.54, 1.807) is 0 Å². The van der Waals surface area contributed by atoms with Crippen molar-refractivity contribution in [2.75, 3.05) is 7.11 Å². The first-order valence-electron chi connectivity index (χ1n) is 4.55. The molecule has 0 fully saturated rings. The summed E-state index contributed by atoms with van der Waals surface area (Å²) in [6.45, 7) is -0.468. The molecule has 1 aromatic heterocycles. The van der Waals surface area contributed by atoms with Gasteiger partial charge in [-0.05, 0) is 0 Å². The Balaban J connectivity index is 3.37. The summed E-state index contributed by atoms with van der Waals surface area (Å²) in [6.07, 6.45) is -5.00. The minimum Gasteiger partial charge on any atom is -0.481 e. The van der Waals surface area contributed by atoms with Crippen molar-refractivity contribution in [3.05, 3.63) is 17.2 Å². The zero-order chi connectivity index (χ0) is 13.9. The van der Waals surface area contributed by atoms with Crippen LogP contribution in [0.2, 0.25) is 0 Å². The lowest BCUT2D eigenvalue weighted by atomic mass is 10.1. The van der Waals surface area contributed by atoms with Crippen molar-refractivity contribution in [3.8, 4) is 11.8 Å². The van der Waals surface area contributed by atoms with Gasteiger partial charge >= 0.3 is 12.3 Å². The highest BCUT2D eigenvalue weighted by molar-refractivity contribution is 5.90. The van der Waals surface area contributed by atoms with E-state index in [0.717, 1.165) is 13.2 Å². The van der Waals surface area contributed by atoms with Crippen molar-refractivity contribution in [2.24, 2.45) is 5.73 Å². The molecule has 0 spiro atoms. The van der Waals surface area contributed by atoms with E-state index in [0.29, 0.717) is 0 Å². The number of carboxylic acid groups (broad SMARTS) is 1. The molecule has 0 aromatic carbocycles. The van der Waals surface area contributed by atoms with Gasteiger partial charge in [0.25, 0.3) is 0 Å². The van der Waals surface area contributed by atoms with Crippen LogP contribution in [0.1, 0.15) is 15.9 Å². The molecule has 0 radical (unpaired) electrons. The fraction of sp³-hybridized carbons (Fsp3) is 0.333. The Hall–Kier alpha value is -2.03. The Labute approximate surface area is 99.1 Å². The number of halogens is 3. The van der Waals surface area contributed by atoms with Gasteiger partial charge in [0.2, 0.25) is 11.8 Å². The van der Waals surface area contributed by atoms with Crippen molar-refractivity contribution < 1.29 is 32.5 Å². The number of alkyl halides is 3. The van der Waals surface area contributed by atoms with Crippen LogP contribution < -0.4 is 15.2 Å². The highest BCUT2D eigenvalue weighted by Crippen LogP contribution is 2.29. The van der Waals surface area contributed by atoms with Crippen LogP contribution in [0.25, 0.3) is 0 Å². The van der Waals surface area contributed by atoms with Crippen LogP contribution in [-0.2, 0) is 6.54 Å². The van der Waals surface area contributed by atoms with E-state index in [1.807, 2.05) is 0 Å². The van der Waals surface area contributed by atoms with E-state index in [4.69, 9.17) is 10.8 Å². The second kappa shape index (κ2) is 5.08. The van der Waals surface area contributed by atoms with Crippen LogP contribution in [0.5, 0.6) is 11.8 Å². The number of ether oxygens (including phenoxy) is 2. The van der Waals surface area contributed by atoms with Crippen molar-refractivity contribution in [3.63, 3.8) is 0 Å². The number of rotatable bonds is 4. The van der Waals surface area contributed by atoms with Gasteiger partial charge in [0.05, 0.1) is 12.7 Å². The average molecular weight is 266 g/mol. The maximum Gasteiger partial charge on any atom is 0.574 e. The van der Waals surface area contributed by atoms with Gasteiger partial charge in [0.15, 0.2) is 0 Å². The molecular formula is C9H9F3N2O4. The van der Waals surface area contributed by atoms with E-state index < -0.39 is 30.3 Å². The molecule has 1 heterocycles. The van der Waals surface area contributed by atoms with Crippen molar-refractivity contribution >= 4 is 5.97 Å². The lowest BCUT2D eigenvalue weighted by Gasteiger charge is -2.14. The highest BCUT2D eigenvalue weighted by atomic mass is 19.4. The molecule has 6 nitrogen and oxygen atoms in total. The molecule has 1 rings (SSSR count). The zero-order valence-corrected chi connectivity index (χ0v) is 9.11. The third-order valence-corrected chi connectivity index (χ3v) is 1.92. The van der Waals surface area contributed by atoms with Crippen LogP contribution >= 0.6 is 0 Å². The minimum absolute atomic E-state index is 0.316. The molecule has 3 N–H and O–H groups in total. The largest absolute Gasteiger partial charge is 0.574 e. The van der Waals surface area contributed by atoms with Gasteiger partial charge in [-0.2, -0.15) is 4.98 Å². The van der Waals surface area contributed by atoms with Gasteiger partial charge < -0.3 is 20.3 Å².